The van der Waals surface area contributed by atoms with Crippen LogP contribution in [0.4, 0.5) is 19.0 Å². The number of hydrogen-bond acceptors (Lipinski definition) is 3. The van der Waals surface area contributed by atoms with Crippen molar-refractivity contribution in [3.05, 3.63) is 62.3 Å². The molecule has 0 saturated heterocycles. The van der Waals surface area contributed by atoms with Crippen LogP contribution in [0.5, 0.6) is 0 Å². The number of anilines is 1. The monoisotopic (exact) mass is 339 g/mol. The summed E-state index contributed by atoms with van der Waals surface area (Å²) in [5.41, 5.74) is -1.30. The Morgan fingerprint density at radius 1 is 1.25 bits per heavy atom. The molecule has 2 N–H and O–H groups in total. The van der Waals surface area contributed by atoms with E-state index in [0.717, 1.165) is 29.5 Å². The Hall–Kier alpha value is -2.51. The third kappa shape index (κ3) is 3.37. The van der Waals surface area contributed by atoms with Gasteiger partial charge in [-0.25, -0.2) is 4.79 Å². The van der Waals surface area contributed by atoms with Gasteiger partial charge >= 0.3 is 11.9 Å². The minimum absolute atomic E-state index is 0.168. The van der Waals surface area contributed by atoms with Crippen molar-refractivity contribution in [2.45, 2.75) is 25.1 Å². The molecular formula is C16H16F3N3O2. The lowest BCUT2D eigenvalue weighted by Gasteiger charge is -2.21. The number of halogens is 3. The molecule has 1 aliphatic carbocycles. The van der Waals surface area contributed by atoms with E-state index in [1.165, 1.54) is 19.2 Å². The Labute approximate surface area is 135 Å². The maximum atomic E-state index is 12.9. The smallest absolute Gasteiger partial charge is 0.364 e. The number of H-pyrrole nitrogens is 1. The van der Waals surface area contributed by atoms with Crippen LogP contribution in [0, 0.1) is 5.92 Å². The maximum absolute atomic E-state index is 12.9. The minimum atomic E-state index is -4.42. The lowest BCUT2D eigenvalue weighted by atomic mass is 10.00. The molecule has 0 bridgehead atoms. The quantitative estimate of drug-likeness (QED) is 0.900. The molecule has 3 rings (SSSR count). The zero-order valence-corrected chi connectivity index (χ0v) is 12.9. The van der Waals surface area contributed by atoms with Crippen LogP contribution in [0.15, 0.2) is 39.9 Å². The fourth-order valence-electron chi connectivity index (χ4n) is 2.61. The summed E-state index contributed by atoms with van der Waals surface area (Å²) >= 11 is 0. The van der Waals surface area contributed by atoms with E-state index in [0.29, 0.717) is 5.56 Å². The van der Waals surface area contributed by atoms with Crippen molar-refractivity contribution in [3.63, 3.8) is 0 Å². The van der Waals surface area contributed by atoms with Crippen molar-refractivity contribution in [2.75, 3.05) is 5.32 Å². The fraction of sp³-hybridized carbons (Fsp3) is 0.375. The highest BCUT2D eigenvalue weighted by Gasteiger charge is 2.35. The van der Waals surface area contributed by atoms with Gasteiger partial charge in [-0.1, -0.05) is 12.1 Å². The Kier molecular flexibility index (Phi) is 3.98. The van der Waals surface area contributed by atoms with E-state index in [4.69, 9.17) is 0 Å². The van der Waals surface area contributed by atoms with E-state index in [1.807, 2.05) is 0 Å². The van der Waals surface area contributed by atoms with Crippen molar-refractivity contribution < 1.29 is 13.2 Å². The minimum Gasteiger partial charge on any atom is -0.364 e. The first-order valence-electron chi connectivity index (χ1n) is 7.50. The van der Waals surface area contributed by atoms with Crippen LogP contribution in [-0.2, 0) is 13.2 Å². The molecule has 1 aliphatic rings. The molecule has 1 saturated carbocycles. The fourth-order valence-corrected chi connectivity index (χ4v) is 2.61. The van der Waals surface area contributed by atoms with Crippen LogP contribution in [0.1, 0.15) is 30.0 Å². The molecule has 0 spiro atoms. The first kappa shape index (κ1) is 16.4. The van der Waals surface area contributed by atoms with E-state index in [1.54, 1.807) is 6.07 Å². The summed E-state index contributed by atoms with van der Waals surface area (Å²) in [5, 5.41) is 3.01. The van der Waals surface area contributed by atoms with E-state index >= 15 is 0 Å². The Bertz CT molecular complexity index is 835. The molecule has 1 aromatic heterocycles. The van der Waals surface area contributed by atoms with E-state index in [9.17, 15) is 22.8 Å². The lowest BCUT2D eigenvalue weighted by Crippen LogP contribution is -2.33. The van der Waals surface area contributed by atoms with Crippen LogP contribution in [0.2, 0.25) is 0 Å². The first-order chi connectivity index (χ1) is 11.3. The molecule has 0 radical (unpaired) electrons. The molecule has 0 amide bonds. The average Bonchev–Trinajstić information content (AvgIpc) is 3.34. The van der Waals surface area contributed by atoms with Gasteiger partial charge in [-0.3, -0.25) is 14.3 Å². The molecule has 0 aliphatic heterocycles. The average molecular weight is 339 g/mol. The van der Waals surface area contributed by atoms with Gasteiger partial charge in [0.2, 0.25) is 0 Å². The number of nitrogens with zero attached hydrogens (tertiary/aromatic N) is 1. The van der Waals surface area contributed by atoms with Gasteiger partial charge in [0.25, 0.3) is 5.56 Å². The number of rotatable bonds is 4. The third-order valence-corrected chi connectivity index (χ3v) is 4.12. The Morgan fingerprint density at radius 3 is 2.54 bits per heavy atom. The summed E-state index contributed by atoms with van der Waals surface area (Å²) in [7, 11) is 1.34. The third-order valence-electron chi connectivity index (χ3n) is 4.12. The summed E-state index contributed by atoms with van der Waals surface area (Å²) in [5.74, 6) is 0.374. The zero-order chi connectivity index (χ0) is 17.5. The van der Waals surface area contributed by atoms with Gasteiger partial charge in [-0.2, -0.15) is 13.2 Å². The SMILES string of the molecule is Cn1c(=O)cc(N[C@@H](c2cccc(C(F)(F)F)c2)C2CC2)[nH]c1=O. The molecule has 1 fully saturated rings. The number of alkyl halides is 3. The molecule has 1 heterocycles. The summed E-state index contributed by atoms with van der Waals surface area (Å²) in [6, 6.07) is 5.94. The number of aromatic amines is 1. The van der Waals surface area contributed by atoms with Gasteiger partial charge in [0, 0.05) is 13.1 Å². The highest BCUT2D eigenvalue weighted by Crippen LogP contribution is 2.43. The summed E-state index contributed by atoms with van der Waals surface area (Å²) in [4.78, 5) is 25.9. The molecular weight excluding hydrogens is 323 g/mol. The van der Waals surface area contributed by atoms with Gasteiger partial charge in [-0.15, -0.1) is 0 Å². The number of aromatic nitrogens is 2. The molecule has 5 nitrogen and oxygen atoms in total. The molecule has 1 aromatic carbocycles. The first-order valence-corrected chi connectivity index (χ1v) is 7.50. The van der Waals surface area contributed by atoms with Gasteiger partial charge in [0.15, 0.2) is 0 Å². The van der Waals surface area contributed by atoms with Crippen molar-refractivity contribution in [1.82, 2.24) is 9.55 Å². The van der Waals surface area contributed by atoms with Gasteiger partial charge in [0.05, 0.1) is 11.6 Å². The maximum Gasteiger partial charge on any atom is 0.416 e. The molecule has 2 aromatic rings. The molecule has 0 unspecified atom stereocenters. The second-order valence-electron chi connectivity index (χ2n) is 5.97. The highest BCUT2D eigenvalue weighted by molar-refractivity contribution is 5.39. The van der Waals surface area contributed by atoms with Crippen molar-refractivity contribution >= 4 is 5.82 Å². The van der Waals surface area contributed by atoms with E-state index < -0.39 is 29.0 Å². The van der Waals surface area contributed by atoms with Crippen LogP contribution in [0.25, 0.3) is 0 Å². The van der Waals surface area contributed by atoms with Gasteiger partial charge < -0.3 is 5.32 Å². The predicted molar refractivity (Wildman–Crippen MR) is 82.8 cm³/mol. The van der Waals surface area contributed by atoms with E-state index in [2.05, 4.69) is 10.3 Å². The normalized spacial score (nSPS) is 16.0. The largest absolute Gasteiger partial charge is 0.416 e. The van der Waals surface area contributed by atoms with Crippen LogP contribution >= 0.6 is 0 Å². The van der Waals surface area contributed by atoms with Crippen LogP contribution in [0.3, 0.4) is 0 Å². The summed E-state index contributed by atoms with van der Waals surface area (Å²) < 4.78 is 39.7. The van der Waals surface area contributed by atoms with Crippen molar-refractivity contribution in [2.24, 2.45) is 13.0 Å². The molecule has 128 valence electrons. The standard InChI is InChI=1S/C16H16F3N3O2/c1-22-13(23)8-12(21-15(22)24)20-14(9-5-6-9)10-3-2-4-11(7-10)16(17,18)19/h2-4,7-9,14,20H,5-6H2,1H3,(H,21,24)/t14-/m1/s1. The highest BCUT2D eigenvalue weighted by atomic mass is 19.4. The Morgan fingerprint density at radius 2 is 1.96 bits per heavy atom. The Balaban J connectivity index is 1.94. The number of hydrogen-bond donors (Lipinski definition) is 2. The van der Waals surface area contributed by atoms with Crippen LogP contribution < -0.4 is 16.6 Å². The predicted octanol–water partition coefficient (Wildman–Crippen LogP) is 2.66. The zero-order valence-electron chi connectivity index (χ0n) is 12.9. The van der Waals surface area contributed by atoms with E-state index in [-0.39, 0.29) is 11.7 Å². The van der Waals surface area contributed by atoms with Gasteiger partial charge in [0.1, 0.15) is 5.82 Å². The van der Waals surface area contributed by atoms with Gasteiger partial charge in [-0.05, 0) is 36.5 Å². The summed E-state index contributed by atoms with van der Waals surface area (Å²) in [6.45, 7) is 0. The number of nitrogens with one attached hydrogen (secondary N) is 2. The second-order valence-corrected chi connectivity index (χ2v) is 5.97. The summed E-state index contributed by atoms with van der Waals surface area (Å²) in [6.07, 6.45) is -2.66. The van der Waals surface area contributed by atoms with Crippen molar-refractivity contribution in [1.29, 1.82) is 0 Å². The molecule has 24 heavy (non-hydrogen) atoms. The topological polar surface area (TPSA) is 66.9 Å². The van der Waals surface area contributed by atoms with Crippen LogP contribution in [-0.4, -0.2) is 9.55 Å². The number of benzene rings is 1. The lowest BCUT2D eigenvalue weighted by molar-refractivity contribution is -0.137. The van der Waals surface area contributed by atoms with Crippen molar-refractivity contribution in [3.8, 4) is 0 Å². The molecule has 8 heteroatoms. The second kappa shape index (κ2) is 5.85. The molecule has 1 atom stereocenters.